The van der Waals surface area contributed by atoms with Crippen molar-refractivity contribution >= 4 is 44.5 Å². The van der Waals surface area contributed by atoms with E-state index in [1.54, 1.807) is 0 Å². The maximum absolute atomic E-state index is 14.4. The third-order valence-corrected chi connectivity index (χ3v) is 10.2. The summed E-state index contributed by atoms with van der Waals surface area (Å²) in [4.78, 5) is 68.7. The number of phosphoric acid groups is 1. The molecule has 288 valence electrons. The number of H-pyrrole nitrogens is 1. The van der Waals surface area contributed by atoms with Crippen LogP contribution in [0.15, 0.2) is 28.2 Å². The lowest BCUT2D eigenvalue weighted by molar-refractivity contribution is -0.137. The van der Waals surface area contributed by atoms with E-state index in [0.29, 0.717) is 19.3 Å². The maximum atomic E-state index is 14.4. The fourth-order valence-corrected chi connectivity index (χ4v) is 7.64. The smallest absolute Gasteiger partial charge is 0.469 e. The fourth-order valence-electron chi connectivity index (χ4n) is 5.70. The lowest BCUT2D eigenvalue weighted by atomic mass is 10.1. The summed E-state index contributed by atoms with van der Waals surface area (Å²) < 4.78 is 62.5. The number of carbonyl (C=O) groups is 1. The van der Waals surface area contributed by atoms with Crippen LogP contribution in [0.25, 0.3) is 11.2 Å². The molecule has 0 saturated carbocycles. The van der Waals surface area contributed by atoms with Gasteiger partial charge >= 0.3 is 27.2 Å². The van der Waals surface area contributed by atoms with Gasteiger partial charge in [0, 0.05) is 32.7 Å². The summed E-state index contributed by atoms with van der Waals surface area (Å²) in [5.41, 5.74) is 9.70. The van der Waals surface area contributed by atoms with Crippen molar-refractivity contribution < 1.29 is 61.7 Å². The Morgan fingerprint density at radius 2 is 1.85 bits per heavy atom. The highest BCUT2D eigenvalue weighted by Crippen LogP contribution is 2.51. The highest BCUT2D eigenvalue weighted by Gasteiger charge is 2.51. The van der Waals surface area contributed by atoms with Gasteiger partial charge in [0.2, 0.25) is 5.95 Å². The first-order valence-electron chi connectivity index (χ1n) is 15.8. The first-order chi connectivity index (χ1) is 24.6. The molecule has 10 N–H and O–H groups in total. The summed E-state index contributed by atoms with van der Waals surface area (Å²) in [6.07, 6.45) is -5.19. The van der Waals surface area contributed by atoms with Gasteiger partial charge in [0.15, 0.2) is 23.6 Å². The number of hydrogen-bond donors (Lipinski definition) is 8. The zero-order chi connectivity index (χ0) is 37.8. The van der Waals surface area contributed by atoms with Crippen molar-refractivity contribution in [1.82, 2.24) is 34.2 Å². The number of unbranched alkanes of at least 4 members (excludes halogenated alkanes) is 2. The van der Waals surface area contributed by atoms with Gasteiger partial charge in [-0.05, 0) is 18.9 Å². The van der Waals surface area contributed by atoms with Crippen molar-refractivity contribution in [1.29, 1.82) is 0 Å². The number of rotatable bonds is 18. The van der Waals surface area contributed by atoms with Crippen LogP contribution in [0, 0.1) is 0 Å². The Balaban J connectivity index is 1.39. The van der Waals surface area contributed by atoms with Crippen LogP contribution in [0.1, 0.15) is 44.6 Å². The van der Waals surface area contributed by atoms with Gasteiger partial charge < -0.3 is 45.7 Å². The molecule has 0 radical (unpaired) electrons. The van der Waals surface area contributed by atoms with E-state index in [1.165, 1.54) is 30.3 Å². The van der Waals surface area contributed by atoms with Crippen LogP contribution in [0.3, 0.4) is 0 Å². The molecule has 52 heavy (non-hydrogen) atoms. The summed E-state index contributed by atoms with van der Waals surface area (Å²) in [5, 5.41) is 22.3. The van der Waals surface area contributed by atoms with E-state index in [2.05, 4.69) is 25.0 Å². The number of hydrogen-bond acceptors (Lipinski definition) is 17. The minimum Gasteiger partial charge on any atom is -0.481 e. The maximum Gasteiger partial charge on any atom is 0.469 e. The number of aromatic nitrogens is 6. The zero-order valence-electron chi connectivity index (χ0n) is 27.5. The summed E-state index contributed by atoms with van der Waals surface area (Å²) in [6, 6.07) is 1.34. The molecule has 2 aliphatic rings. The van der Waals surface area contributed by atoms with Gasteiger partial charge in [-0.15, -0.1) is 0 Å². The van der Waals surface area contributed by atoms with Crippen LogP contribution in [0.5, 0.6) is 0 Å². The highest BCUT2D eigenvalue weighted by molar-refractivity contribution is 7.51. The largest absolute Gasteiger partial charge is 0.481 e. The SMILES string of the molecule is CO[C@@H]1[C@H](O[P@](=O)(NCCCCCC(=O)O)OC[C@@H]2C[C@@H](O)[C@H](n3ccc(N)nc3=O)O2)[C@@H](COP(=O)(O)O)O[C@H]1n1cnc2c(=O)[nH]c(N)nc21. The van der Waals surface area contributed by atoms with Crippen molar-refractivity contribution in [2.45, 2.75) is 75.1 Å². The molecule has 0 unspecified atom stereocenters. The molecule has 0 aromatic carbocycles. The van der Waals surface area contributed by atoms with E-state index in [-0.39, 0.29) is 42.3 Å². The number of aliphatic carboxylic acids is 1. The second kappa shape index (κ2) is 16.6. The molecule has 3 aromatic heterocycles. The van der Waals surface area contributed by atoms with Crippen molar-refractivity contribution in [2.24, 2.45) is 0 Å². The molecule has 8 atom stereocenters. The molecule has 26 heteroatoms. The molecule has 0 amide bonds. The van der Waals surface area contributed by atoms with E-state index in [4.69, 9.17) is 44.4 Å². The number of aliphatic hydroxyl groups excluding tert-OH is 1. The summed E-state index contributed by atoms with van der Waals surface area (Å²) in [5.74, 6) is -1.25. The Labute approximate surface area is 293 Å². The molecule has 5 heterocycles. The molecule has 2 saturated heterocycles. The Morgan fingerprint density at radius 1 is 1.08 bits per heavy atom. The van der Waals surface area contributed by atoms with Gasteiger partial charge in [0.1, 0.15) is 30.2 Å². The van der Waals surface area contributed by atoms with Crippen LogP contribution in [-0.2, 0) is 41.7 Å². The van der Waals surface area contributed by atoms with Crippen molar-refractivity contribution in [3.8, 4) is 0 Å². The molecule has 3 aromatic rings. The average Bonchev–Trinajstić information content (AvgIpc) is 3.75. The standard InChI is InChI=1S/C26H39N9O15P2/c1-45-20-19(15(11-47-52(42,43)44)49-24(20)35-12-29-18-21(35)32-25(28)33-22(18)39)50-51(41,30-7-4-2-3-5-17(37)38)46-10-13-9-14(36)23(48-13)34-8-6-16(27)31-26(34)40/h6,8,12-15,19-20,23-24,36H,2-5,7,9-11H2,1H3,(H,30,41)(H,37,38)(H2,27,31,40)(H2,42,43,44)(H3,28,32,33,39)/t13-,14+,15+,19+,20+,23+,24+,51-/m0/s1. The number of anilines is 2. The van der Waals surface area contributed by atoms with Gasteiger partial charge in [0.05, 0.1) is 25.6 Å². The number of nitrogen functional groups attached to an aromatic ring is 2. The summed E-state index contributed by atoms with van der Waals surface area (Å²) in [6.45, 7) is -1.26. The zero-order valence-corrected chi connectivity index (χ0v) is 29.3. The van der Waals surface area contributed by atoms with E-state index in [0.717, 1.165) is 4.57 Å². The number of carboxylic acid groups (broad SMARTS) is 1. The quantitative estimate of drug-likeness (QED) is 0.0564. The first-order valence-corrected chi connectivity index (χ1v) is 18.8. The topological polar surface area (TPSA) is 350 Å². The Kier molecular flexibility index (Phi) is 12.6. The van der Waals surface area contributed by atoms with Crippen LogP contribution in [0.2, 0.25) is 0 Å². The van der Waals surface area contributed by atoms with Gasteiger partial charge in [-0.25, -0.2) is 24.0 Å². The molecule has 5 rings (SSSR count). The molecule has 0 aliphatic carbocycles. The highest BCUT2D eigenvalue weighted by atomic mass is 31.2. The number of aromatic amines is 1. The third kappa shape index (κ3) is 9.66. The Morgan fingerprint density at radius 3 is 2.54 bits per heavy atom. The second-order valence-electron chi connectivity index (χ2n) is 11.8. The normalized spacial score (nSPS) is 26.2. The number of nitrogens with one attached hydrogen (secondary N) is 2. The number of imidazole rings is 1. The van der Waals surface area contributed by atoms with Crippen LogP contribution >= 0.6 is 15.6 Å². The van der Waals surface area contributed by atoms with E-state index in [1.807, 2.05) is 0 Å². The fraction of sp³-hybridized carbons (Fsp3) is 0.615. The minimum atomic E-state index is -5.07. The van der Waals surface area contributed by atoms with Crippen molar-refractivity contribution in [3.63, 3.8) is 0 Å². The van der Waals surface area contributed by atoms with Crippen molar-refractivity contribution in [3.05, 3.63) is 39.4 Å². The van der Waals surface area contributed by atoms with E-state index >= 15 is 0 Å². The first kappa shape index (κ1) is 39.6. The van der Waals surface area contributed by atoms with Crippen molar-refractivity contribution in [2.75, 3.05) is 38.3 Å². The number of fused-ring (bicyclic) bond motifs is 1. The van der Waals surface area contributed by atoms with Crippen LogP contribution < -0.4 is 27.8 Å². The van der Waals surface area contributed by atoms with E-state index < -0.39 is 89.0 Å². The molecular formula is C26H39N9O15P2. The molecule has 0 bridgehead atoms. The third-order valence-electron chi connectivity index (χ3n) is 8.04. The number of carboxylic acids is 1. The predicted octanol–water partition coefficient (Wildman–Crippen LogP) is -1.04. The Bertz CT molecular complexity index is 1940. The molecule has 2 aliphatic heterocycles. The number of nitrogens with zero attached hydrogens (tertiary/aromatic N) is 5. The van der Waals surface area contributed by atoms with Gasteiger partial charge in [0.25, 0.3) is 5.56 Å². The molecule has 24 nitrogen and oxygen atoms in total. The monoisotopic (exact) mass is 779 g/mol. The lowest BCUT2D eigenvalue weighted by Gasteiger charge is -2.28. The van der Waals surface area contributed by atoms with Crippen LogP contribution in [-0.4, -0.2) is 112 Å². The number of ether oxygens (including phenoxy) is 3. The number of aliphatic hydroxyl groups is 1. The number of methoxy groups -OCH3 is 1. The molecule has 0 spiro atoms. The lowest BCUT2D eigenvalue weighted by Crippen LogP contribution is -2.39. The van der Waals surface area contributed by atoms with Crippen LogP contribution in [0.4, 0.5) is 11.8 Å². The van der Waals surface area contributed by atoms with Gasteiger partial charge in [-0.3, -0.25) is 37.3 Å². The second-order valence-corrected chi connectivity index (χ2v) is 14.8. The predicted molar refractivity (Wildman–Crippen MR) is 175 cm³/mol. The minimum absolute atomic E-state index is 0.00337. The van der Waals surface area contributed by atoms with Gasteiger partial charge in [-0.2, -0.15) is 9.97 Å². The summed E-state index contributed by atoms with van der Waals surface area (Å²) >= 11 is 0. The summed E-state index contributed by atoms with van der Waals surface area (Å²) in [7, 11) is -8.30. The van der Waals surface area contributed by atoms with Gasteiger partial charge in [-0.1, -0.05) is 6.42 Å². The Hall–Kier alpha value is -3.64. The number of nitrogens with two attached hydrogens (primary N) is 2. The van der Waals surface area contributed by atoms with E-state index in [9.17, 15) is 38.4 Å². The number of phosphoric ester groups is 1. The average molecular weight is 780 g/mol. The molecular weight excluding hydrogens is 740 g/mol. The molecule has 2 fully saturated rings.